The van der Waals surface area contributed by atoms with Crippen LogP contribution in [0.5, 0.6) is 11.5 Å². The summed E-state index contributed by atoms with van der Waals surface area (Å²) in [6.07, 6.45) is 6.62. The van der Waals surface area contributed by atoms with Crippen LogP contribution in [-0.2, 0) is 11.3 Å². The van der Waals surface area contributed by atoms with Crippen LogP contribution in [-0.4, -0.2) is 43.1 Å². The maximum absolute atomic E-state index is 12.2. The highest BCUT2D eigenvalue weighted by atomic mass is 16.5. The number of hydrogen-bond acceptors (Lipinski definition) is 5. The van der Waals surface area contributed by atoms with Crippen molar-refractivity contribution in [2.45, 2.75) is 39.3 Å². The number of hydrogen-bond donors (Lipinski definition) is 0. The van der Waals surface area contributed by atoms with Crippen LogP contribution in [0.4, 0.5) is 0 Å². The van der Waals surface area contributed by atoms with Gasteiger partial charge in [0.15, 0.2) is 5.65 Å². The minimum atomic E-state index is -0.0344. The normalized spacial score (nSPS) is 15.0. The molecule has 1 unspecified atom stereocenters. The second-order valence-electron chi connectivity index (χ2n) is 7.76. The van der Waals surface area contributed by atoms with Crippen molar-refractivity contribution < 1.29 is 9.53 Å². The summed E-state index contributed by atoms with van der Waals surface area (Å²) in [5.41, 5.74) is 2.53. The van der Waals surface area contributed by atoms with Gasteiger partial charge in [-0.3, -0.25) is 4.79 Å². The molecule has 0 bridgehead atoms. The Hall–Kier alpha value is -4.00. The minimum Gasteiger partial charge on any atom is -0.457 e. The summed E-state index contributed by atoms with van der Waals surface area (Å²) in [6.45, 7) is 8.96. The molecule has 1 atom stereocenters. The zero-order chi connectivity index (χ0) is 23.9. The van der Waals surface area contributed by atoms with Gasteiger partial charge in [0.05, 0.1) is 18.0 Å². The number of para-hydroxylation sites is 1. The summed E-state index contributed by atoms with van der Waals surface area (Å²) in [7, 11) is 0. The minimum absolute atomic E-state index is 0.0344. The van der Waals surface area contributed by atoms with Gasteiger partial charge in [-0.1, -0.05) is 38.6 Å². The van der Waals surface area contributed by atoms with Gasteiger partial charge < -0.3 is 9.64 Å². The molecule has 1 fully saturated rings. The van der Waals surface area contributed by atoms with Crippen molar-refractivity contribution in [2.24, 2.45) is 0 Å². The molecule has 0 N–H and O–H groups in total. The van der Waals surface area contributed by atoms with Crippen LogP contribution in [0, 0.1) is 0 Å². The number of ether oxygens (including phenoxy) is 1. The predicted octanol–water partition coefficient (Wildman–Crippen LogP) is 5.49. The summed E-state index contributed by atoms with van der Waals surface area (Å²) >= 11 is 0. The van der Waals surface area contributed by atoms with Crippen LogP contribution in [0.1, 0.15) is 26.7 Å². The summed E-state index contributed by atoms with van der Waals surface area (Å²) in [5, 5.41) is 5.74. The molecular formula is C27H29N5O2. The Labute approximate surface area is 199 Å². The van der Waals surface area contributed by atoms with Crippen LogP contribution in [0.3, 0.4) is 0 Å². The molecule has 174 valence electrons. The zero-order valence-corrected chi connectivity index (χ0v) is 19.6. The highest BCUT2D eigenvalue weighted by molar-refractivity contribution is 5.90. The Bertz CT molecular complexity index is 1250. The van der Waals surface area contributed by atoms with Crippen molar-refractivity contribution in [1.29, 1.82) is 0 Å². The van der Waals surface area contributed by atoms with E-state index in [9.17, 15) is 4.79 Å². The number of rotatable bonds is 6. The SMILES string of the molecule is C=CC(=O)N1CCCC1Cn1nc(-c2ccc(Oc3ccccc3)cc2)c2cncnc21.CC. The van der Waals surface area contributed by atoms with E-state index in [1.54, 1.807) is 6.20 Å². The molecule has 34 heavy (non-hydrogen) atoms. The number of fused-ring (bicyclic) bond motifs is 1. The van der Waals surface area contributed by atoms with Crippen molar-refractivity contribution in [3.05, 3.63) is 79.8 Å². The van der Waals surface area contributed by atoms with Crippen LogP contribution >= 0.6 is 0 Å². The van der Waals surface area contributed by atoms with Gasteiger partial charge in [-0.2, -0.15) is 5.10 Å². The first kappa shape index (κ1) is 23.2. The van der Waals surface area contributed by atoms with Crippen molar-refractivity contribution in [3.63, 3.8) is 0 Å². The molecule has 7 nitrogen and oxygen atoms in total. The Morgan fingerprint density at radius 1 is 1.12 bits per heavy atom. The van der Waals surface area contributed by atoms with E-state index < -0.39 is 0 Å². The molecule has 2 aromatic carbocycles. The highest BCUT2D eigenvalue weighted by Crippen LogP contribution is 2.30. The fourth-order valence-electron chi connectivity index (χ4n) is 4.20. The number of benzene rings is 2. The lowest BCUT2D eigenvalue weighted by molar-refractivity contribution is -0.127. The molecule has 1 aliphatic rings. The highest BCUT2D eigenvalue weighted by Gasteiger charge is 2.28. The molecule has 5 rings (SSSR count). The van der Waals surface area contributed by atoms with Gasteiger partial charge >= 0.3 is 0 Å². The molecular weight excluding hydrogens is 426 g/mol. The molecule has 1 amide bonds. The number of nitrogens with zero attached hydrogens (tertiary/aromatic N) is 5. The maximum atomic E-state index is 12.2. The van der Waals surface area contributed by atoms with Gasteiger partial charge in [0, 0.05) is 18.3 Å². The topological polar surface area (TPSA) is 73.1 Å². The number of aromatic nitrogens is 4. The van der Waals surface area contributed by atoms with Crippen molar-refractivity contribution in [3.8, 4) is 22.8 Å². The zero-order valence-electron chi connectivity index (χ0n) is 19.6. The third-order valence-corrected chi connectivity index (χ3v) is 5.74. The number of likely N-dealkylation sites (tertiary alicyclic amines) is 1. The number of carbonyl (C=O) groups excluding carboxylic acids is 1. The molecule has 4 aromatic rings. The van der Waals surface area contributed by atoms with Crippen molar-refractivity contribution in [1.82, 2.24) is 24.6 Å². The third-order valence-electron chi connectivity index (χ3n) is 5.74. The van der Waals surface area contributed by atoms with Crippen molar-refractivity contribution in [2.75, 3.05) is 6.54 Å². The van der Waals surface area contributed by atoms with E-state index in [4.69, 9.17) is 9.84 Å². The average molecular weight is 456 g/mol. The van der Waals surface area contributed by atoms with Crippen LogP contribution in [0.25, 0.3) is 22.3 Å². The van der Waals surface area contributed by atoms with E-state index in [1.165, 1.54) is 12.4 Å². The largest absolute Gasteiger partial charge is 0.457 e. The standard InChI is InChI=1S/C25H23N5O2.C2H6/c1-2-23(31)29-14-6-7-19(29)16-30-25-22(15-26-17-27-25)24(28-30)18-10-12-21(13-11-18)32-20-8-4-3-5-9-20;1-2/h2-5,8-13,15,17,19H,1,6-7,14,16H2;1-2H3. The Balaban J connectivity index is 0.00000133. The van der Waals surface area contributed by atoms with Gasteiger partial charge in [-0.15, -0.1) is 0 Å². The Morgan fingerprint density at radius 2 is 1.85 bits per heavy atom. The Morgan fingerprint density at radius 3 is 2.59 bits per heavy atom. The molecule has 0 aliphatic carbocycles. The third kappa shape index (κ3) is 4.83. The maximum Gasteiger partial charge on any atom is 0.246 e. The van der Waals surface area contributed by atoms with Crippen LogP contribution in [0.2, 0.25) is 0 Å². The predicted molar refractivity (Wildman–Crippen MR) is 134 cm³/mol. The summed E-state index contributed by atoms with van der Waals surface area (Å²) in [5.74, 6) is 1.51. The molecule has 0 saturated carbocycles. The molecule has 0 spiro atoms. The average Bonchev–Trinajstić information content (AvgIpc) is 3.51. The first-order valence-electron chi connectivity index (χ1n) is 11.7. The summed E-state index contributed by atoms with van der Waals surface area (Å²) < 4.78 is 7.79. The lowest BCUT2D eigenvalue weighted by atomic mass is 10.1. The number of carbonyl (C=O) groups is 1. The van der Waals surface area contributed by atoms with Crippen LogP contribution < -0.4 is 4.74 Å². The fraction of sp³-hybridized carbons (Fsp3) is 0.259. The van der Waals surface area contributed by atoms with Gasteiger partial charge in [0.2, 0.25) is 5.91 Å². The van der Waals surface area contributed by atoms with Gasteiger partial charge in [0.1, 0.15) is 23.5 Å². The molecule has 1 saturated heterocycles. The molecule has 3 heterocycles. The number of amides is 1. The summed E-state index contributed by atoms with van der Waals surface area (Å²) in [4.78, 5) is 22.8. The van der Waals surface area contributed by atoms with Gasteiger partial charge in [-0.05, 0) is 55.3 Å². The van der Waals surface area contributed by atoms with E-state index in [2.05, 4.69) is 16.5 Å². The van der Waals surface area contributed by atoms with E-state index in [-0.39, 0.29) is 11.9 Å². The quantitative estimate of drug-likeness (QED) is 0.360. The molecule has 0 radical (unpaired) electrons. The lowest BCUT2D eigenvalue weighted by Crippen LogP contribution is -2.37. The fourth-order valence-corrected chi connectivity index (χ4v) is 4.20. The van der Waals surface area contributed by atoms with Gasteiger partial charge in [-0.25, -0.2) is 14.6 Å². The van der Waals surface area contributed by atoms with E-state index >= 15 is 0 Å². The molecule has 7 heteroatoms. The monoisotopic (exact) mass is 455 g/mol. The lowest BCUT2D eigenvalue weighted by Gasteiger charge is -2.23. The van der Waals surface area contributed by atoms with Crippen molar-refractivity contribution >= 4 is 16.9 Å². The second-order valence-corrected chi connectivity index (χ2v) is 7.76. The molecule has 2 aromatic heterocycles. The van der Waals surface area contributed by atoms with E-state index in [0.29, 0.717) is 6.54 Å². The smallest absolute Gasteiger partial charge is 0.246 e. The van der Waals surface area contributed by atoms with E-state index in [1.807, 2.05) is 78.0 Å². The van der Waals surface area contributed by atoms with Crippen LogP contribution in [0.15, 0.2) is 79.8 Å². The van der Waals surface area contributed by atoms with Gasteiger partial charge in [0.25, 0.3) is 0 Å². The molecule has 1 aliphatic heterocycles. The first-order valence-corrected chi connectivity index (χ1v) is 11.7. The first-order chi connectivity index (χ1) is 16.7. The Kier molecular flexibility index (Phi) is 7.32. The second kappa shape index (κ2) is 10.7. The van der Waals surface area contributed by atoms with E-state index in [0.717, 1.165) is 53.2 Å². The summed E-state index contributed by atoms with van der Waals surface area (Å²) in [6, 6.07) is 17.6.